The number of benzene rings is 1. The zero-order valence-corrected chi connectivity index (χ0v) is 23.8. The van der Waals surface area contributed by atoms with Crippen molar-refractivity contribution < 1.29 is 29.0 Å². The van der Waals surface area contributed by atoms with E-state index in [1.165, 1.54) is 4.90 Å². The van der Waals surface area contributed by atoms with E-state index in [4.69, 9.17) is 9.47 Å². The summed E-state index contributed by atoms with van der Waals surface area (Å²) < 4.78 is 11.8. The number of carbonyl (C=O) groups excluding carboxylic acids is 3. The molecule has 3 saturated heterocycles. The molecule has 4 rings (SSSR count). The maximum absolute atomic E-state index is 14.6. The van der Waals surface area contributed by atoms with Gasteiger partial charge in [0.05, 0.1) is 37.2 Å². The van der Waals surface area contributed by atoms with Crippen molar-refractivity contribution in [1.29, 1.82) is 0 Å². The van der Waals surface area contributed by atoms with Gasteiger partial charge in [-0.25, -0.2) is 0 Å². The van der Waals surface area contributed by atoms with E-state index >= 15 is 0 Å². The fourth-order valence-corrected chi connectivity index (χ4v) is 6.89. The van der Waals surface area contributed by atoms with Gasteiger partial charge >= 0.3 is 5.97 Å². The van der Waals surface area contributed by atoms with Crippen molar-refractivity contribution in [2.45, 2.75) is 71.2 Å². The summed E-state index contributed by atoms with van der Waals surface area (Å²) in [6, 6.07) is 6.21. The Balaban J connectivity index is 1.78. The van der Waals surface area contributed by atoms with Gasteiger partial charge in [0.15, 0.2) is 0 Å². The number of aliphatic hydroxyl groups is 1. The highest BCUT2D eigenvalue weighted by Crippen LogP contribution is 2.59. The second kappa shape index (κ2) is 11.7. The molecule has 0 unspecified atom stereocenters. The molecule has 2 bridgehead atoms. The lowest BCUT2D eigenvalue weighted by Gasteiger charge is -2.40. The Kier molecular flexibility index (Phi) is 8.71. The lowest BCUT2D eigenvalue weighted by Crippen LogP contribution is -2.59. The molecule has 2 amide bonds. The van der Waals surface area contributed by atoms with E-state index in [0.717, 1.165) is 18.8 Å². The first-order valence-electron chi connectivity index (χ1n) is 14.2. The number of nitrogens with zero attached hydrogens (tertiary/aromatic N) is 3. The molecular formula is C30H43N3O6. The van der Waals surface area contributed by atoms with Gasteiger partial charge in [-0.05, 0) is 63.8 Å². The summed E-state index contributed by atoms with van der Waals surface area (Å²) in [5.74, 6) is -2.80. The predicted octanol–water partition coefficient (Wildman–Crippen LogP) is 3.01. The summed E-state index contributed by atoms with van der Waals surface area (Å²) in [6.07, 6.45) is 2.24. The summed E-state index contributed by atoms with van der Waals surface area (Å²) in [6.45, 7) is 15.5. The van der Waals surface area contributed by atoms with Crippen molar-refractivity contribution in [1.82, 2.24) is 4.90 Å². The monoisotopic (exact) mass is 541 g/mol. The van der Waals surface area contributed by atoms with Crippen LogP contribution in [0.5, 0.6) is 0 Å². The number of fused-ring (bicyclic) bond motifs is 1. The maximum atomic E-state index is 14.6. The van der Waals surface area contributed by atoms with Crippen LogP contribution in [0.2, 0.25) is 0 Å². The topological polar surface area (TPSA) is 99.6 Å². The van der Waals surface area contributed by atoms with Crippen LogP contribution in [-0.2, 0) is 23.9 Å². The van der Waals surface area contributed by atoms with Crippen LogP contribution in [0.3, 0.4) is 0 Å². The lowest BCUT2D eigenvalue weighted by molar-refractivity contribution is -0.155. The van der Waals surface area contributed by atoms with Gasteiger partial charge in [-0.3, -0.25) is 14.4 Å². The largest absolute Gasteiger partial charge is 0.466 e. The van der Waals surface area contributed by atoms with Crippen molar-refractivity contribution in [3.8, 4) is 0 Å². The zero-order chi connectivity index (χ0) is 28.5. The molecule has 6 atom stereocenters. The van der Waals surface area contributed by atoms with Crippen LogP contribution in [0.15, 0.2) is 36.9 Å². The summed E-state index contributed by atoms with van der Waals surface area (Å²) in [5.41, 5.74) is 0.586. The maximum Gasteiger partial charge on any atom is 0.312 e. The quantitative estimate of drug-likeness (QED) is 0.321. The third-order valence-corrected chi connectivity index (χ3v) is 8.71. The second-order valence-corrected chi connectivity index (χ2v) is 11.0. The molecule has 39 heavy (non-hydrogen) atoms. The molecule has 0 aromatic heterocycles. The predicted molar refractivity (Wildman–Crippen MR) is 149 cm³/mol. The molecule has 1 aromatic carbocycles. The van der Waals surface area contributed by atoms with Crippen LogP contribution in [0.4, 0.5) is 11.4 Å². The third kappa shape index (κ3) is 4.73. The van der Waals surface area contributed by atoms with Gasteiger partial charge in [0.25, 0.3) is 5.91 Å². The van der Waals surface area contributed by atoms with Crippen molar-refractivity contribution in [3.05, 3.63) is 36.9 Å². The van der Waals surface area contributed by atoms with Crippen LogP contribution in [0, 0.1) is 17.8 Å². The number of amides is 2. The van der Waals surface area contributed by atoms with Crippen molar-refractivity contribution in [2.24, 2.45) is 17.8 Å². The molecule has 3 fully saturated rings. The fourth-order valence-electron chi connectivity index (χ4n) is 6.89. The number of carbonyl (C=O) groups is 3. The number of hydrogen-bond donors (Lipinski definition) is 1. The van der Waals surface area contributed by atoms with Gasteiger partial charge in [0.1, 0.15) is 11.6 Å². The molecule has 0 aliphatic carbocycles. The summed E-state index contributed by atoms with van der Waals surface area (Å²) in [7, 11) is 0. The number of esters is 1. The zero-order valence-electron chi connectivity index (χ0n) is 23.8. The molecule has 1 spiro atoms. The van der Waals surface area contributed by atoms with E-state index in [2.05, 4.69) is 25.3 Å². The number of ether oxygens (including phenoxy) is 2. The molecule has 214 valence electrons. The summed E-state index contributed by atoms with van der Waals surface area (Å²) >= 11 is 0. The minimum Gasteiger partial charge on any atom is -0.466 e. The van der Waals surface area contributed by atoms with Gasteiger partial charge in [-0.2, -0.15) is 0 Å². The van der Waals surface area contributed by atoms with E-state index in [1.54, 1.807) is 17.9 Å². The molecule has 3 heterocycles. The third-order valence-electron chi connectivity index (χ3n) is 8.71. The Bertz CT molecular complexity index is 1070. The summed E-state index contributed by atoms with van der Waals surface area (Å²) in [4.78, 5) is 47.1. The summed E-state index contributed by atoms with van der Waals surface area (Å²) in [5, 5.41) is 10.4. The average Bonchev–Trinajstić information content (AvgIpc) is 3.56. The number of hydrogen-bond acceptors (Lipinski definition) is 7. The van der Waals surface area contributed by atoms with Crippen molar-refractivity contribution in [3.63, 3.8) is 0 Å². The molecule has 0 radical (unpaired) electrons. The normalized spacial score (nSPS) is 28.0. The number of rotatable bonds is 12. The first kappa shape index (κ1) is 29.1. The standard InChI is InChI=1S/C30H43N3O6/c1-7-17-32(21-13-11-20(12-14-21)31(8-2)9-3)28(36)26-30-16-15-23(39-30)24(29(37)38-10-4)25(30)27(35)33(26)22(18-34)19(5)6/h7,11-14,19,22-26,34H,1,8-10,15-18H2,2-6H3/t22-,23+,24-,25-,26+,30-/m0/s1. The Morgan fingerprint density at radius 1 is 1.21 bits per heavy atom. The van der Waals surface area contributed by atoms with E-state index in [1.807, 2.05) is 38.1 Å². The molecule has 9 heteroatoms. The van der Waals surface area contributed by atoms with Gasteiger partial charge in [0.2, 0.25) is 5.91 Å². The van der Waals surface area contributed by atoms with Crippen molar-refractivity contribution in [2.75, 3.05) is 42.6 Å². The SMILES string of the molecule is C=CCN(C(=O)[C@H]1N([C@@H](CO)C(C)C)C(=O)[C@@H]2[C@@H](C(=O)OCC)[C@H]3CC[C@]21O3)c1ccc(N(CC)CC)cc1. The minimum atomic E-state index is -1.15. The highest BCUT2D eigenvalue weighted by atomic mass is 16.6. The van der Waals surface area contributed by atoms with Crippen LogP contribution < -0.4 is 9.80 Å². The van der Waals surface area contributed by atoms with E-state index < -0.39 is 41.6 Å². The first-order chi connectivity index (χ1) is 18.7. The van der Waals surface area contributed by atoms with Gasteiger partial charge < -0.3 is 29.3 Å². The van der Waals surface area contributed by atoms with Gasteiger partial charge in [-0.15, -0.1) is 6.58 Å². The van der Waals surface area contributed by atoms with Crippen LogP contribution in [-0.4, -0.2) is 84.4 Å². The second-order valence-electron chi connectivity index (χ2n) is 11.0. The first-order valence-corrected chi connectivity index (χ1v) is 14.2. The Hall–Kier alpha value is -2.91. The minimum absolute atomic E-state index is 0.121. The van der Waals surface area contributed by atoms with Crippen LogP contribution in [0.25, 0.3) is 0 Å². The lowest BCUT2D eigenvalue weighted by atomic mass is 9.70. The van der Waals surface area contributed by atoms with Crippen LogP contribution >= 0.6 is 0 Å². The molecule has 3 aliphatic heterocycles. The fraction of sp³-hybridized carbons (Fsp3) is 0.633. The highest BCUT2D eigenvalue weighted by molar-refractivity contribution is 6.05. The van der Waals surface area contributed by atoms with E-state index in [9.17, 15) is 19.5 Å². The number of likely N-dealkylation sites (tertiary alicyclic amines) is 1. The highest BCUT2D eigenvalue weighted by Gasteiger charge is 2.75. The number of aliphatic hydroxyl groups excluding tert-OH is 1. The molecule has 9 nitrogen and oxygen atoms in total. The Morgan fingerprint density at radius 2 is 1.85 bits per heavy atom. The average molecular weight is 542 g/mol. The van der Waals surface area contributed by atoms with Gasteiger partial charge in [0, 0.05) is 31.0 Å². The molecule has 0 saturated carbocycles. The molecule has 3 aliphatic rings. The van der Waals surface area contributed by atoms with E-state index in [0.29, 0.717) is 18.5 Å². The van der Waals surface area contributed by atoms with Crippen molar-refractivity contribution >= 4 is 29.2 Å². The molecule has 1 N–H and O–H groups in total. The van der Waals surface area contributed by atoms with Crippen LogP contribution in [0.1, 0.15) is 47.5 Å². The molecule has 1 aromatic rings. The Morgan fingerprint density at radius 3 is 2.38 bits per heavy atom. The Labute approximate surface area is 231 Å². The van der Waals surface area contributed by atoms with E-state index in [-0.39, 0.29) is 37.5 Å². The van der Waals surface area contributed by atoms with Gasteiger partial charge in [-0.1, -0.05) is 19.9 Å². The smallest absolute Gasteiger partial charge is 0.312 e. The number of anilines is 2. The molecular weight excluding hydrogens is 498 g/mol.